The lowest BCUT2D eigenvalue weighted by Crippen LogP contribution is -2.40. The summed E-state index contributed by atoms with van der Waals surface area (Å²) in [7, 11) is 1.97. The summed E-state index contributed by atoms with van der Waals surface area (Å²) in [5.74, 6) is 0.829. The second-order valence-electron chi connectivity index (χ2n) is 4.63. The second-order valence-corrected chi connectivity index (χ2v) is 4.63. The van der Waals surface area contributed by atoms with Crippen molar-refractivity contribution in [1.82, 2.24) is 10.2 Å². The predicted octanol–water partition coefficient (Wildman–Crippen LogP) is 1.66. The molecule has 88 valence electrons. The highest BCUT2D eigenvalue weighted by molar-refractivity contribution is 5.92. The molecule has 0 fully saturated rings. The Morgan fingerprint density at radius 3 is 2.73 bits per heavy atom. The van der Waals surface area contributed by atoms with Crippen molar-refractivity contribution in [2.24, 2.45) is 5.92 Å². The van der Waals surface area contributed by atoms with Gasteiger partial charge in [-0.1, -0.05) is 20.3 Å². The Labute approximate surface area is 94.0 Å². The molecule has 3 heteroatoms. The first kappa shape index (κ1) is 12.2. The van der Waals surface area contributed by atoms with Crippen molar-refractivity contribution >= 4 is 5.78 Å². The van der Waals surface area contributed by atoms with E-state index in [9.17, 15) is 4.79 Å². The zero-order valence-electron chi connectivity index (χ0n) is 10.2. The molecule has 0 aliphatic carbocycles. The molecule has 1 rings (SSSR count). The molecule has 0 saturated heterocycles. The molecular formula is C12H24N2O. The van der Waals surface area contributed by atoms with Gasteiger partial charge >= 0.3 is 0 Å². The van der Waals surface area contributed by atoms with E-state index in [1.807, 2.05) is 11.9 Å². The highest BCUT2D eigenvalue weighted by atomic mass is 16.1. The molecular weight excluding hydrogens is 188 g/mol. The van der Waals surface area contributed by atoms with E-state index < -0.39 is 0 Å². The summed E-state index contributed by atoms with van der Waals surface area (Å²) in [6, 6.07) is 0.431. The van der Waals surface area contributed by atoms with Crippen LogP contribution in [-0.4, -0.2) is 36.9 Å². The third-order valence-electron chi connectivity index (χ3n) is 3.11. The van der Waals surface area contributed by atoms with Gasteiger partial charge in [0.25, 0.3) is 0 Å². The van der Waals surface area contributed by atoms with E-state index in [0.29, 0.717) is 18.5 Å². The van der Waals surface area contributed by atoms with Gasteiger partial charge in [-0.25, -0.2) is 0 Å². The molecule has 0 aromatic heterocycles. The molecule has 1 heterocycles. The Balaban J connectivity index is 0.00000225. The molecule has 2 atom stereocenters. The minimum absolute atomic E-state index is 0. The summed E-state index contributed by atoms with van der Waals surface area (Å²) < 4.78 is 0. The molecule has 0 radical (unpaired) electrons. The lowest BCUT2D eigenvalue weighted by molar-refractivity contribution is -0.115. The smallest absolute Gasteiger partial charge is 0.171 e. The minimum Gasteiger partial charge on any atom is -0.384 e. The van der Waals surface area contributed by atoms with Crippen LogP contribution in [-0.2, 0) is 4.79 Å². The maximum atomic E-state index is 11.3. The Kier molecular flexibility index (Phi) is 4.33. The van der Waals surface area contributed by atoms with Crippen LogP contribution in [0.25, 0.3) is 0 Å². The average molecular weight is 212 g/mol. The minimum atomic E-state index is 0. The number of hydrogen-bond acceptors (Lipinski definition) is 3. The van der Waals surface area contributed by atoms with Crippen molar-refractivity contribution in [1.29, 1.82) is 0 Å². The average Bonchev–Trinajstić information content (AvgIpc) is 2.14. The van der Waals surface area contributed by atoms with Crippen LogP contribution in [0.4, 0.5) is 0 Å². The first-order valence-corrected chi connectivity index (χ1v) is 5.71. The Morgan fingerprint density at radius 1 is 1.53 bits per heavy atom. The molecule has 0 bridgehead atoms. The third-order valence-corrected chi connectivity index (χ3v) is 3.11. The molecule has 1 aliphatic heterocycles. The molecule has 2 unspecified atom stereocenters. The van der Waals surface area contributed by atoms with Gasteiger partial charge < -0.3 is 5.32 Å². The van der Waals surface area contributed by atoms with Crippen molar-refractivity contribution in [2.75, 3.05) is 20.1 Å². The van der Waals surface area contributed by atoms with E-state index in [4.69, 9.17) is 0 Å². The van der Waals surface area contributed by atoms with E-state index >= 15 is 0 Å². The number of nitrogens with one attached hydrogen (secondary N) is 1. The van der Waals surface area contributed by atoms with Crippen molar-refractivity contribution in [2.45, 2.75) is 33.2 Å². The maximum Gasteiger partial charge on any atom is 0.171 e. The molecule has 15 heavy (non-hydrogen) atoms. The zero-order chi connectivity index (χ0) is 11.4. The number of nitrogens with zero attached hydrogens (tertiary/aromatic N) is 1. The molecule has 1 aliphatic rings. The van der Waals surface area contributed by atoms with Crippen LogP contribution in [0.2, 0.25) is 0 Å². The predicted molar refractivity (Wildman–Crippen MR) is 64.8 cm³/mol. The normalized spacial score (nSPS) is 22.1. The Bertz CT molecular complexity index is 266. The van der Waals surface area contributed by atoms with E-state index in [0.717, 1.165) is 18.7 Å². The molecule has 0 spiro atoms. The maximum absolute atomic E-state index is 11.3. The highest BCUT2D eigenvalue weighted by Gasteiger charge is 2.17. The van der Waals surface area contributed by atoms with Crippen LogP contribution in [0.3, 0.4) is 0 Å². The van der Waals surface area contributed by atoms with Gasteiger partial charge in [0.2, 0.25) is 0 Å². The monoisotopic (exact) mass is 212 g/mol. The van der Waals surface area contributed by atoms with Crippen molar-refractivity contribution in [3.05, 3.63) is 11.8 Å². The van der Waals surface area contributed by atoms with Crippen molar-refractivity contribution < 1.29 is 6.22 Å². The van der Waals surface area contributed by atoms with Crippen molar-refractivity contribution in [3.8, 4) is 0 Å². The van der Waals surface area contributed by atoms with E-state index in [1.165, 1.54) is 0 Å². The molecule has 0 amide bonds. The number of rotatable bonds is 4. The first-order chi connectivity index (χ1) is 7.02. The van der Waals surface area contributed by atoms with E-state index in [1.54, 1.807) is 6.08 Å². The third kappa shape index (κ3) is 3.67. The standard InChI is InChI=1S/C12H22N2O.H2/c1-5-9(2)10(3)13-11-6-12(15)8-14(4)7-11;/h6,9-10,13H,5,7-8H2,1-4H3;1H. The molecule has 0 saturated carbocycles. The summed E-state index contributed by atoms with van der Waals surface area (Å²) >= 11 is 0. The largest absolute Gasteiger partial charge is 0.384 e. The number of ketones is 1. The van der Waals surface area contributed by atoms with Gasteiger partial charge in [-0.05, 0) is 19.9 Å². The summed E-state index contributed by atoms with van der Waals surface area (Å²) in [5.41, 5.74) is 1.06. The molecule has 3 nitrogen and oxygen atoms in total. The van der Waals surface area contributed by atoms with Gasteiger partial charge in [-0.3, -0.25) is 9.69 Å². The summed E-state index contributed by atoms with van der Waals surface area (Å²) in [6.07, 6.45) is 2.91. The van der Waals surface area contributed by atoms with Crippen molar-refractivity contribution in [3.63, 3.8) is 0 Å². The molecule has 0 aromatic carbocycles. The van der Waals surface area contributed by atoms with Gasteiger partial charge in [0, 0.05) is 25.8 Å². The fraction of sp³-hybridized carbons (Fsp3) is 0.750. The SMILES string of the molecule is CCC(C)C(C)NC1=CC(=O)CN(C)C1.[HH]. The summed E-state index contributed by atoms with van der Waals surface area (Å²) in [5, 5.41) is 3.43. The first-order valence-electron chi connectivity index (χ1n) is 5.71. The lowest BCUT2D eigenvalue weighted by Gasteiger charge is -2.28. The second kappa shape index (κ2) is 5.31. The molecule has 1 N–H and O–H groups in total. The van der Waals surface area contributed by atoms with Crippen LogP contribution < -0.4 is 5.32 Å². The van der Waals surface area contributed by atoms with Gasteiger partial charge in [0.05, 0.1) is 6.54 Å². The van der Waals surface area contributed by atoms with Gasteiger partial charge in [-0.2, -0.15) is 0 Å². The zero-order valence-corrected chi connectivity index (χ0v) is 10.2. The fourth-order valence-corrected chi connectivity index (χ4v) is 1.77. The topological polar surface area (TPSA) is 32.3 Å². The quantitative estimate of drug-likeness (QED) is 0.769. The summed E-state index contributed by atoms with van der Waals surface area (Å²) in [4.78, 5) is 13.4. The van der Waals surface area contributed by atoms with Gasteiger partial charge in [-0.15, -0.1) is 0 Å². The van der Waals surface area contributed by atoms with Crippen LogP contribution in [0.5, 0.6) is 0 Å². The van der Waals surface area contributed by atoms with E-state index in [2.05, 4.69) is 26.1 Å². The fourth-order valence-electron chi connectivity index (χ4n) is 1.77. The summed E-state index contributed by atoms with van der Waals surface area (Å²) in [6.45, 7) is 7.99. The van der Waals surface area contributed by atoms with E-state index in [-0.39, 0.29) is 7.21 Å². The van der Waals surface area contributed by atoms with Gasteiger partial charge in [0.1, 0.15) is 0 Å². The van der Waals surface area contributed by atoms with Gasteiger partial charge in [0.15, 0.2) is 5.78 Å². The molecule has 0 aromatic rings. The number of carbonyl (C=O) groups excluding carboxylic acids is 1. The van der Waals surface area contributed by atoms with Crippen LogP contribution in [0.15, 0.2) is 11.8 Å². The Hall–Kier alpha value is -0.830. The number of hydrogen-bond donors (Lipinski definition) is 1. The van der Waals surface area contributed by atoms with Crippen LogP contribution >= 0.6 is 0 Å². The Morgan fingerprint density at radius 2 is 2.20 bits per heavy atom. The van der Waals surface area contributed by atoms with Crippen LogP contribution in [0, 0.1) is 5.92 Å². The van der Waals surface area contributed by atoms with Crippen LogP contribution in [0.1, 0.15) is 28.6 Å². The number of carbonyl (C=O) groups is 1. The number of likely N-dealkylation sites (N-methyl/N-ethyl adjacent to an activating group) is 1. The lowest BCUT2D eigenvalue weighted by atomic mass is 10.0. The highest BCUT2D eigenvalue weighted by Crippen LogP contribution is 2.10.